The number of fused-ring (bicyclic) bond motifs is 1. The Morgan fingerprint density at radius 3 is 2.13 bits per heavy atom. The van der Waals surface area contributed by atoms with Crippen LogP contribution in [-0.4, -0.2) is 84.4 Å². The Hall–Kier alpha value is -4.43. The van der Waals surface area contributed by atoms with Crippen LogP contribution in [0.3, 0.4) is 0 Å². The maximum Gasteiger partial charge on any atom is 0.247 e. The third-order valence-electron chi connectivity index (χ3n) is 7.27. The van der Waals surface area contributed by atoms with Gasteiger partial charge in [-0.3, -0.25) is 24.2 Å². The molecule has 1 aromatic heterocycles. The Bertz CT molecular complexity index is 1400. The number of rotatable bonds is 18. The van der Waals surface area contributed by atoms with Crippen LogP contribution in [0.1, 0.15) is 31.2 Å². The maximum atomic E-state index is 13.7. The van der Waals surface area contributed by atoms with Gasteiger partial charge in [0.25, 0.3) is 0 Å². The number of para-hydroxylation sites is 1. The van der Waals surface area contributed by atoms with Gasteiger partial charge < -0.3 is 43.8 Å². The van der Waals surface area contributed by atoms with E-state index in [1.54, 1.807) is 12.3 Å². The summed E-state index contributed by atoms with van der Waals surface area (Å²) in [5.74, 6) is -2.20. The van der Waals surface area contributed by atoms with Crippen molar-refractivity contribution in [1.29, 1.82) is 0 Å². The van der Waals surface area contributed by atoms with Crippen LogP contribution < -0.4 is 38.9 Å². The van der Waals surface area contributed by atoms with Gasteiger partial charge in [-0.2, -0.15) is 0 Å². The standard InChI is InChI=1S/C32H45N9O4/c33-14-6-10-25(36)30(43)40-28(20-29(42)41(17-15-34)18-16-35)32(45)39-27(13-12-22-7-2-1-3-8-22)31(44)38-24-19-23-9-4-5-11-26(23)37-21-24/h1-5,7-9,11,19,21,25,27-28H,6,10,12-18,20,33-36H2,(H,38,44)(H,39,45)(H,40,43)/t25-,27-,28-/m0/s1. The van der Waals surface area contributed by atoms with Crippen molar-refractivity contribution in [2.75, 3.05) is 38.0 Å². The van der Waals surface area contributed by atoms with Crippen LogP contribution in [0, 0.1) is 0 Å². The SMILES string of the molecule is NCCC[C@H](N)C(=O)N[C@@H](CC(=O)N(CCN)CCN)C(=O)N[C@@H](CCc1ccccc1)C(=O)Nc1cnc2ccccc2c1. The normalized spacial score (nSPS) is 13.0. The van der Waals surface area contributed by atoms with Gasteiger partial charge in [0.05, 0.1) is 29.9 Å². The summed E-state index contributed by atoms with van der Waals surface area (Å²) in [7, 11) is 0. The lowest BCUT2D eigenvalue weighted by Crippen LogP contribution is -2.56. The highest BCUT2D eigenvalue weighted by molar-refractivity contribution is 6.00. The number of hydrogen-bond acceptors (Lipinski definition) is 9. The summed E-state index contributed by atoms with van der Waals surface area (Å²) in [6, 6.07) is 15.6. The van der Waals surface area contributed by atoms with Crippen LogP contribution in [0.5, 0.6) is 0 Å². The molecule has 0 aliphatic carbocycles. The average Bonchev–Trinajstić information content (AvgIpc) is 3.05. The molecule has 2 aromatic carbocycles. The molecule has 242 valence electrons. The van der Waals surface area contributed by atoms with Gasteiger partial charge in [0.1, 0.15) is 12.1 Å². The van der Waals surface area contributed by atoms with Crippen LogP contribution in [-0.2, 0) is 25.6 Å². The van der Waals surface area contributed by atoms with E-state index in [-0.39, 0.29) is 39.0 Å². The maximum absolute atomic E-state index is 13.7. The Morgan fingerprint density at radius 2 is 1.44 bits per heavy atom. The zero-order chi connectivity index (χ0) is 32.6. The number of pyridine rings is 1. The summed E-state index contributed by atoms with van der Waals surface area (Å²) < 4.78 is 0. The fourth-order valence-electron chi connectivity index (χ4n) is 4.80. The minimum Gasteiger partial charge on any atom is -0.342 e. The number of hydrogen-bond donors (Lipinski definition) is 7. The quantitative estimate of drug-likeness (QED) is 0.101. The van der Waals surface area contributed by atoms with Crippen LogP contribution in [0.15, 0.2) is 66.9 Å². The molecule has 45 heavy (non-hydrogen) atoms. The van der Waals surface area contributed by atoms with Gasteiger partial charge in [0.2, 0.25) is 23.6 Å². The predicted octanol–water partition coefficient (Wildman–Crippen LogP) is -0.0220. The Morgan fingerprint density at radius 1 is 0.778 bits per heavy atom. The minimum absolute atomic E-state index is 0.199. The average molecular weight is 620 g/mol. The van der Waals surface area contributed by atoms with Crippen LogP contribution in [0.25, 0.3) is 10.9 Å². The highest BCUT2D eigenvalue weighted by atomic mass is 16.2. The smallest absolute Gasteiger partial charge is 0.247 e. The molecule has 0 saturated carbocycles. The summed E-state index contributed by atoms with van der Waals surface area (Å²) in [5, 5.41) is 9.08. The summed E-state index contributed by atoms with van der Waals surface area (Å²) in [5.41, 5.74) is 25.1. The molecule has 3 aromatic rings. The first-order chi connectivity index (χ1) is 21.7. The van der Waals surface area contributed by atoms with E-state index in [0.29, 0.717) is 31.5 Å². The number of anilines is 1. The molecule has 3 atom stereocenters. The second kappa shape index (κ2) is 18.4. The van der Waals surface area contributed by atoms with E-state index in [0.717, 1.165) is 16.5 Å². The Balaban J connectivity index is 1.83. The molecule has 0 aliphatic heterocycles. The summed E-state index contributed by atoms with van der Waals surface area (Å²) in [4.78, 5) is 59.3. The number of nitrogens with one attached hydrogen (secondary N) is 3. The molecule has 13 nitrogen and oxygen atoms in total. The molecule has 0 bridgehead atoms. The van der Waals surface area contributed by atoms with E-state index in [1.165, 1.54) is 4.90 Å². The molecule has 3 rings (SSSR count). The van der Waals surface area contributed by atoms with Gasteiger partial charge in [-0.05, 0) is 49.9 Å². The van der Waals surface area contributed by atoms with Gasteiger partial charge in [0, 0.05) is 31.6 Å². The number of carbonyl (C=O) groups excluding carboxylic acids is 4. The first-order valence-electron chi connectivity index (χ1n) is 15.2. The molecule has 0 radical (unpaired) electrons. The van der Waals surface area contributed by atoms with Crippen LogP contribution in [0.2, 0.25) is 0 Å². The number of aromatic nitrogens is 1. The molecule has 0 aliphatic rings. The zero-order valence-corrected chi connectivity index (χ0v) is 25.5. The third kappa shape index (κ3) is 11.2. The molecule has 0 fully saturated rings. The van der Waals surface area contributed by atoms with E-state index in [9.17, 15) is 19.2 Å². The number of aryl methyl sites for hydroxylation is 1. The number of amides is 4. The molecular weight excluding hydrogens is 574 g/mol. The number of carbonyl (C=O) groups is 4. The van der Waals surface area contributed by atoms with Crippen molar-refractivity contribution >= 4 is 40.2 Å². The van der Waals surface area contributed by atoms with Gasteiger partial charge >= 0.3 is 0 Å². The molecule has 13 heteroatoms. The van der Waals surface area contributed by atoms with Gasteiger partial charge in [-0.1, -0.05) is 48.5 Å². The lowest BCUT2D eigenvalue weighted by atomic mass is 10.0. The van der Waals surface area contributed by atoms with Gasteiger partial charge in [-0.15, -0.1) is 0 Å². The molecule has 0 unspecified atom stereocenters. The first-order valence-corrected chi connectivity index (χ1v) is 15.2. The molecule has 1 heterocycles. The predicted molar refractivity (Wildman–Crippen MR) is 175 cm³/mol. The second-order valence-corrected chi connectivity index (χ2v) is 10.8. The molecule has 0 spiro atoms. The number of benzene rings is 2. The number of nitrogens with two attached hydrogens (primary N) is 4. The van der Waals surface area contributed by atoms with E-state index < -0.39 is 41.8 Å². The number of nitrogens with zero attached hydrogens (tertiary/aromatic N) is 2. The summed E-state index contributed by atoms with van der Waals surface area (Å²) in [6.07, 6.45) is 2.72. The fraction of sp³-hybridized carbons (Fsp3) is 0.406. The van der Waals surface area contributed by atoms with Crippen molar-refractivity contribution in [1.82, 2.24) is 20.5 Å². The monoisotopic (exact) mass is 619 g/mol. The molecule has 11 N–H and O–H groups in total. The highest BCUT2D eigenvalue weighted by Gasteiger charge is 2.31. The van der Waals surface area contributed by atoms with Gasteiger partial charge in [-0.25, -0.2) is 0 Å². The Labute approximate surface area is 263 Å². The van der Waals surface area contributed by atoms with Gasteiger partial charge in [0.15, 0.2) is 0 Å². The largest absolute Gasteiger partial charge is 0.342 e. The van der Waals surface area contributed by atoms with Crippen molar-refractivity contribution in [2.45, 2.75) is 50.2 Å². The lowest BCUT2D eigenvalue weighted by molar-refractivity contribution is -0.137. The third-order valence-corrected chi connectivity index (χ3v) is 7.27. The summed E-state index contributed by atoms with van der Waals surface area (Å²) >= 11 is 0. The van der Waals surface area contributed by atoms with Crippen molar-refractivity contribution in [2.24, 2.45) is 22.9 Å². The molecular formula is C32H45N9O4. The van der Waals surface area contributed by atoms with E-state index in [1.807, 2.05) is 54.6 Å². The Kier molecular flexibility index (Phi) is 14.3. The van der Waals surface area contributed by atoms with Crippen molar-refractivity contribution in [3.05, 3.63) is 72.4 Å². The highest BCUT2D eigenvalue weighted by Crippen LogP contribution is 2.17. The zero-order valence-electron chi connectivity index (χ0n) is 25.5. The first kappa shape index (κ1) is 35.1. The van der Waals surface area contributed by atoms with E-state index >= 15 is 0 Å². The fourth-order valence-corrected chi connectivity index (χ4v) is 4.80. The van der Waals surface area contributed by atoms with Crippen molar-refractivity contribution in [3.8, 4) is 0 Å². The van der Waals surface area contributed by atoms with Crippen molar-refractivity contribution in [3.63, 3.8) is 0 Å². The van der Waals surface area contributed by atoms with E-state index in [2.05, 4.69) is 20.9 Å². The van der Waals surface area contributed by atoms with Crippen LogP contribution >= 0.6 is 0 Å². The topological polar surface area (TPSA) is 225 Å². The summed E-state index contributed by atoms with van der Waals surface area (Å²) in [6.45, 7) is 1.21. The lowest BCUT2D eigenvalue weighted by Gasteiger charge is -2.27. The second-order valence-electron chi connectivity index (χ2n) is 10.8. The molecule has 0 saturated heterocycles. The minimum atomic E-state index is -1.30. The van der Waals surface area contributed by atoms with E-state index in [4.69, 9.17) is 22.9 Å². The van der Waals surface area contributed by atoms with Crippen molar-refractivity contribution < 1.29 is 19.2 Å². The van der Waals surface area contributed by atoms with Crippen LogP contribution in [0.4, 0.5) is 5.69 Å². The molecule has 4 amide bonds.